The number of aromatic nitrogens is 3. The summed E-state index contributed by atoms with van der Waals surface area (Å²) < 4.78 is 0. The molecule has 6 heteroatoms. The molecule has 0 radical (unpaired) electrons. The van der Waals surface area contributed by atoms with Crippen molar-refractivity contribution in [3.8, 4) is 11.8 Å². The summed E-state index contributed by atoms with van der Waals surface area (Å²) in [6.45, 7) is 0. The van der Waals surface area contributed by atoms with Crippen molar-refractivity contribution in [2.75, 3.05) is 0 Å². The average molecular weight is 214 g/mol. The van der Waals surface area contributed by atoms with Crippen LogP contribution in [-0.2, 0) is 0 Å². The van der Waals surface area contributed by atoms with Crippen LogP contribution < -0.4 is 0 Å². The van der Waals surface area contributed by atoms with Gasteiger partial charge >= 0.3 is 5.97 Å². The van der Waals surface area contributed by atoms with Gasteiger partial charge in [0, 0.05) is 0 Å². The van der Waals surface area contributed by atoms with Gasteiger partial charge in [-0.3, -0.25) is 0 Å². The Bertz CT molecular complexity index is 583. The molecule has 0 unspecified atom stereocenters. The standard InChI is InChI=1S/C10H6N4O2/c11-5-7-2-1-3-8(4-7)14-12-6-9(13-14)10(15)16/h1-4,6H,(H,15,16). The number of carboxylic acid groups (broad SMARTS) is 1. The van der Waals surface area contributed by atoms with Gasteiger partial charge in [-0.15, -0.1) is 5.10 Å². The lowest BCUT2D eigenvalue weighted by Gasteiger charge is -1.98. The fraction of sp³-hybridized carbons (Fsp3) is 0. The number of aromatic carboxylic acids is 1. The van der Waals surface area contributed by atoms with Crippen LogP contribution in [0.5, 0.6) is 0 Å². The molecule has 1 aromatic carbocycles. The Hall–Kier alpha value is -2.68. The first-order valence-corrected chi connectivity index (χ1v) is 4.37. The summed E-state index contributed by atoms with van der Waals surface area (Å²) in [6, 6.07) is 8.57. The third-order valence-electron chi connectivity index (χ3n) is 1.92. The van der Waals surface area contributed by atoms with Gasteiger partial charge in [-0.2, -0.15) is 15.2 Å². The van der Waals surface area contributed by atoms with Crippen molar-refractivity contribution < 1.29 is 9.90 Å². The number of nitriles is 1. The van der Waals surface area contributed by atoms with Crippen molar-refractivity contribution in [2.45, 2.75) is 0 Å². The van der Waals surface area contributed by atoms with E-state index in [0.29, 0.717) is 11.3 Å². The van der Waals surface area contributed by atoms with Crippen molar-refractivity contribution in [1.29, 1.82) is 5.26 Å². The summed E-state index contributed by atoms with van der Waals surface area (Å²) in [4.78, 5) is 11.8. The molecular formula is C10H6N4O2. The Balaban J connectivity index is 2.43. The van der Waals surface area contributed by atoms with Gasteiger partial charge in [-0.1, -0.05) is 6.07 Å². The highest BCUT2D eigenvalue weighted by molar-refractivity contribution is 5.84. The summed E-state index contributed by atoms with van der Waals surface area (Å²) in [6.07, 6.45) is 1.15. The van der Waals surface area contributed by atoms with Crippen LogP contribution in [0.3, 0.4) is 0 Å². The van der Waals surface area contributed by atoms with Gasteiger partial charge < -0.3 is 5.11 Å². The largest absolute Gasteiger partial charge is 0.476 e. The second kappa shape index (κ2) is 3.82. The lowest BCUT2D eigenvalue weighted by atomic mass is 10.2. The molecule has 78 valence electrons. The molecule has 0 saturated heterocycles. The van der Waals surface area contributed by atoms with Crippen molar-refractivity contribution in [1.82, 2.24) is 15.0 Å². The van der Waals surface area contributed by atoms with Gasteiger partial charge in [0.2, 0.25) is 0 Å². The number of benzene rings is 1. The summed E-state index contributed by atoms with van der Waals surface area (Å²) in [5.74, 6) is -1.14. The van der Waals surface area contributed by atoms with E-state index in [1.165, 1.54) is 4.80 Å². The summed E-state index contributed by atoms with van der Waals surface area (Å²) in [5.41, 5.74) is 0.876. The van der Waals surface area contributed by atoms with Crippen molar-refractivity contribution in [3.05, 3.63) is 41.7 Å². The van der Waals surface area contributed by atoms with Gasteiger partial charge in [0.05, 0.1) is 23.5 Å². The molecule has 0 atom stereocenters. The molecule has 0 aliphatic rings. The van der Waals surface area contributed by atoms with E-state index in [2.05, 4.69) is 10.2 Å². The summed E-state index contributed by atoms with van der Waals surface area (Å²) >= 11 is 0. The van der Waals surface area contributed by atoms with Gasteiger partial charge in [-0.25, -0.2) is 4.79 Å². The minimum atomic E-state index is -1.14. The quantitative estimate of drug-likeness (QED) is 0.799. The molecule has 0 fully saturated rings. The molecule has 1 heterocycles. The van der Waals surface area contributed by atoms with E-state index in [1.807, 2.05) is 6.07 Å². The number of carboxylic acids is 1. The third-order valence-corrected chi connectivity index (χ3v) is 1.92. The molecule has 2 aromatic rings. The van der Waals surface area contributed by atoms with E-state index in [0.717, 1.165) is 6.20 Å². The zero-order chi connectivity index (χ0) is 11.5. The fourth-order valence-electron chi connectivity index (χ4n) is 1.19. The lowest BCUT2D eigenvalue weighted by molar-refractivity contribution is 0.0690. The Morgan fingerprint density at radius 1 is 1.50 bits per heavy atom. The van der Waals surface area contributed by atoms with Crippen molar-refractivity contribution in [2.24, 2.45) is 0 Å². The number of nitrogens with zero attached hydrogens (tertiary/aromatic N) is 4. The minimum absolute atomic E-state index is 0.137. The number of rotatable bonds is 2. The maximum atomic E-state index is 10.6. The Morgan fingerprint density at radius 2 is 2.31 bits per heavy atom. The molecule has 0 saturated carbocycles. The van der Waals surface area contributed by atoms with Gasteiger partial charge in [0.1, 0.15) is 0 Å². The highest BCUT2D eigenvalue weighted by Crippen LogP contribution is 2.08. The molecule has 16 heavy (non-hydrogen) atoms. The Morgan fingerprint density at radius 3 is 2.94 bits per heavy atom. The van der Waals surface area contributed by atoms with Crippen molar-refractivity contribution >= 4 is 5.97 Å². The fourth-order valence-corrected chi connectivity index (χ4v) is 1.19. The van der Waals surface area contributed by atoms with Gasteiger partial charge in [-0.05, 0) is 18.2 Å². The van der Waals surface area contributed by atoms with Crippen LogP contribution in [0.4, 0.5) is 0 Å². The highest BCUT2D eigenvalue weighted by Gasteiger charge is 2.09. The summed E-state index contributed by atoms with van der Waals surface area (Å²) in [5, 5.41) is 24.9. The van der Waals surface area contributed by atoms with E-state index < -0.39 is 5.97 Å². The molecule has 0 aliphatic carbocycles. The molecule has 0 aliphatic heterocycles. The SMILES string of the molecule is N#Cc1cccc(-n2ncc(C(=O)O)n2)c1. The van der Waals surface area contributed by atoms with Crippen LogP contribution in [0.2, 0.25) is 0 Å². The normalized spacial score (nSPS) is 9.69. The number of hydrogen-bond donors (Lipinski definition) is 1. The van der Waals surface area contributed by atoms with Crippen LogP contribution in [0.25, 0.3) is 5.69 Å². The predicted molar refractivity (Wildman–Crippen MR) is 53.0 cm³/mol. The van der Waals surface area contributed by atoms with Crippen LogP contribution in [0.15, 0.2) is 30.5 Å². The molecule has 0 amide bonds. The molecule has 0 spiro atoms. The second-order valence-corrected chi connectivity index (χ2v) is 2.99. The number of hydrogen-bond acceptors (Lipinski definition) is 4. The zero-order valence-corrected chi connectivity index (χ0v) is 8.03. The van der Waals surface area contributed by atoms with E-state index in [1.54, 1.807) is 24.3 Å². The van der Waals surface area contributed by atoms with E-state index in [-0.39, 0.29) is 5.69 Å². The first-order chi connectivity index (χ1) is 7.70. The number of carbonyl (C=O) groups is 1. The molecular weight excluding hydrogens is 208 g/mol. The molecule has 0 bridgehead atoms. The first-order valence-electron chi connectivity index (χ1n) is 4.37. The predicted octanol–water partition coefficient (Wildman–Crippen LogP) is 0.837. The molecule has 2 rings (SSSR count). The Kier molecular flexibility index (Phi) is 2.36. The molecule has 1 N–H and O–H groups in total. The maximum absolute atomic E-state index is 10.6. The minimum Gasteiger partial charge on any atom is -0.476 e. The van der Waals surface area contributed by atoms with Crippen LogP contribution in [0.1, 0.15) is 16.1 Å². The topological polar surface area (TPSA) is 91.8 Å². The van der Waals surface area contributed by atoms with Gasteiger partial charge in [0.25, 0.3) is 0 Å². The summed E-state index contributed by atoms with van der Waals surface area (Å²) in [7, 11) is 0. The van der Waals surface area contributed by atoms with Gasteiger partial charge in [0.15, 0.2) is 5.69 Å². The molecule has 1 aromatic heterocycles. The smallest absolute Gasteiger partial charge is 0.358 e. The average Bonchev–Trinajstić information content (AvgIpc) is 2.78. The van der Waals surface area contributed by atoms with E-state index in [4.69, 9.17) is 10.4 Å². The van der Waals surface area contributed by atoms with Crippen LogP contribution in [0, 0.1) is 11.3 Å². The Labute approximate surface area is 90.4 Å². The highest BCUT2D eigenvalue weighted by atomic mass is 16.4. The van der Waals surface area contributed by atoms with E-state index >= 15 is 0 Å². The molecule has 6 nitrogen and oxygen atoms in total. The maximum Gasteiger partial charge on any atom is 0.358 e. The first kappa shape index (κ1) is 9.86. The zero-order valence-electron chi connectivity index (χ0n) is 8.03. The monoisotopic (exact) mass is 214 g/mol. The van der Waals surface area contributed by atoms with Crippen molar-refractivity contribution in [3.63, 3.8) is 0 Å². The second-order valence-electron chi connectivity index (χ2n) is 2.99. The van der Waals surface area contributed by atoms with Crippen LogP contribution >= 0.6 is 0 Å². The third kappa shape index (κ3) is 1.74. The lowest BCUT2D eigenvalue weighted by Crippen LogP contribution is -2.02. The van der Waals surface area contributed by atoms with Crippen LogP contribution in [-0.4, -0.2) is 26.1 Å². The van der Waals surface area contributed by atoms with E-state index in [9.17, 15) is 4.79 Å².